The van der Waals surface area contributed by atoms with Crippen LogP contribution in [-0.2, 0) is 24.8 Å². The van der Waals surface area contributed by atoms with Crippen LogP contribution in [0.15, 0.2) is 34.1 Å². The van der Waals surface area contributed by atoms with E-state index in [-0.39, 0.29) is 28.9 Å². The molecule has 1 aliphatic heterocycles. The summed E-state index contributed by atoms with van der Waals surface area (Å²) >= 11 is 0. The van der Waals surface area contributed by atoms with Gasteiger partial charge in [0.25, 0.3) is 0 Å². The average Bonchev–Trinajstić information content (AvgIpc) is 3.22. The van der Waals surface area contributed by atoms with Crippen molar-refractivity contribution in [2.75, 3.05) is 26.2 Å². The average molecular weight is 462 g/mol. The van der Waals surface area contributed by atoms with Gasteiger partial charge in [-0.25, -0.2) is 26.4 Å². The Morgan fingerprint density at radius 2 is 1.63 bits per heavy atom. The Hall–Kier alpha value is -1.69. The predicted octanol–water partition coefficient (Wildman–Crippen LogP) is 1.91. The van der Waals surface area contributed by atoms with Gasteiger partial charge in [-0.2, -0.15) is 4.31 Å². The van der Waals surface area contributed by atoms with Crippen LogP contribution in [-0.4, -0.2) is 59.5 Å². The maximum Gasteiger partial charge on any atom is 0.407 e. The zero-order chi connectivity index (χ0) is 22.4. The summed E-state index contributed by atoms with van der Waals surface area (Å²) in [5.74, 6) is 0.233. The number of sulfonamides is 2. The number of benzene rings is 1. The van der Waals surface area contributed by atoms with Crippen molar-refractivity contribution in [1.82, 2.24) is 14.3 Å². The second-order valence-electron chi connectivity index (χ2n) is 7.63. The molecule has 1 heterocycles. The van der Waals surface area contributed by atoms with Crippen LogP contribution < -0.4 is 10.0 Å². The van der Waals surface area contributed by atoms with E-state index in [2.05, 4.69) is 10.0 Å². The minimum Gasteiger partial charge on any atom is -0.450 e. The number of carbonyl (C=O) groups is 1. The number of rotatable bonds is 10. The van der Waals surface area contributed by atoms with Crippen LogP contribution >= 0.6 is 0 Å². The number of nitrogens with one attached hydrogen (secondary N) is 2. The first-order valence-electron chi connectivity index (χ1n) is 10.1. The van der Waals surface area contributed by atoms with Gasteiger partial charge in [0.1, 0.15) is 0 Å². The standard InChI is InChI=1S/C19H31N3O6S2/c1-4-28-19(23)21-16(13-15(2)3)14-20-29(24,25)17-7-9-18(10-8-17)30(26,27)22-11-5-6-12-22/h7-10,15-16,20H,4-6,11-14H2,1-3H3,(H,21,23). The van der Waals surface area contributed by atoms with Crippen molar-refractivity contribution in [3.05, 3.63) is 24.3 Å². The van der Waals surface area contributed by atoms with E-state index < -0.39 is 32.2 Å². The molecular weight excluding hydrogens is 430 g/mol. The number of carbonyl (C=O) groups excluding carboxylic acids is 1. The number of hydrogen-bond acceptors (Lipinski definition) is 6. The molecule has 2 N–H and O–H groups in total. The highest BCUT2D eigenvalue weighted by atomic mass is 32.2. The molecule has 1 unspecified atom stereocenters. The molecule has 1 atom stereocenters. The van der Waals surface area contributed by atoms with E-state index in [1.807, 2.05) is 13.8 Å². The van der Waals surface area contributed by atoms with E-state index in [1.165, 1.54) is 28.6 Å². The van der Waals surface area contributed by atoms with Crippen LogP contribution in [0.25, 0.3) is 0 Å². The number of nitrogens with zero attached hydrogens (tertiary/aromatic N) is 1. The molecule has 0 aliphatic carbocycles. The Labute approximate surface area is 179 Å². The van der Waals surface area contributed by atoms with Gasteiger partial charge in [0.05, 0.1) is 16.4 Å². The Morgan fingerprint density at radius 3 is 2.17 bits per heavy atom. The van der Waals surface area contributed by atoms with Crippen LogP contribution in [0.3, 0.4) is 0 Å². The second-order valence-corrected chi connectivity index (χ2v) is 11.3. The molecule has 9 nitrogen and oxygen atoms in total. The molecule has 1 fully saturated rings. The maximum atomic E-state index is 12.6. The molecule has 1 aromatic rings. The van der Waals surface area contributed by atoms with E-state index in [0.717, 1.165) is 12.8 Å². The first-order valence-corrected chi connectivity index (χ1v) is 13.0. The highest BCUT2D eigenvalue weighted by molar-refractivity contribution is 7.89. The molecule has 0 radical (unpaired) electrons. The fraction of sp³-hybridized carbons (Fsp3) is 0.632. The summed E-state index contributed by atoms with van der Waals surface area (Å²) in [6, 6.07) is 4.74. The SMILES string of the molecule is CCOC(=O)NC(CNS(=O)(=O)c1ccc(S(=O)(=O)N2CCCC2)cc1)CC(C)C. The van der Waals surface area contributed by atoms with E-state index in [9.17, 15) is 21.6 Å². The molecule has 1 aromatic carbocycles. The topological polar surface area (TPSA) is 122 Å². The Bertz CT molecular complexity index is 908. The van der Waals surface area contributed by atoms with Crippen molar-refractivity contribution in [3.63, 3.8) is 0 Å². The molecule has 0 spiro atoms. The minimum absolute atomic E-state index is 0.00679. The summed E-state index contributed by atoms with van der Waals surface area (Å²) in [5.41, 5.74) is 0. The zero-order valence-corrected chi connectivity index (χ0v) is 19.3. The second kappa shape index (κ2) is 10.6. The maximum absolute atomic E-state index is 12.6. The normalized spacial score (nSPS) is 16.5. The Kier molecular flexibility index (Phi) is 8.65. The summed E-state index contributed by atoms with van der Waals surface area (Å²) in [5, 5.41) is 2.66. The summed E-state index contributed by atoms with van der Waals surface area (Å²) < 4.78 is 59.2. The van der Waals surface area contributed by atoms with E-state index in [1.54, 1.807) is 6.92 Å². The van der Waals surface area contributed by atoms with Gasteiger partial charge in [-0.15, -0.1) is 0 Å². The van der Waals surface area contributed by atoms with Crippen molar-refractivity contribution in [2.24, 2.45) is 5.92 Å². The van der Waals surface area contributed by atoms with Gasteiger partial charge in [0.15, 0.2) is 0 Å². The van der Waals surface area contributed by atoms with Crippen LogP contribution in [0.2, 0.25) is 0 Å². The van der Waals surface area contributed by atoms with Crippen molar-refractivity contribution in [1.29, 1.82) is 0 Å². The number of ether oxygens (including phenoxy) is 1. The Balaban J connectivity index is 2.07. The van der Waals surface area contributed by atoms with Crippen LogP contribution in [0.5, 0.6) is 0 Å². The van der Waals surface area contributed by atoms with Gasteiger partial charge >= 0.3 is 6.09 Å². The lowest BCUT2D eigenvalue weighted by Crippen LogP contribution is -2.44. The summed E-state index contributed by atoms with van der Waals surface area (Å²) in [4.78, 5) is 11.7. The van der Waals surface area contributed by atoms with Gasteiger partial charge in [-0.05, 0) is 56.4 Å². The third-order valence-electron chi connectivity index (χ3n) is 4.71. The molecular formula is C19H31N3O6S2. The molecule has 1 aliphatic rings. The minimum atomic E-state index is -3.87. The van der Waals surface area contributed by atoms with Gasteiger partial charge < -0.3 is 10.1 Å². The monoisotopic (exact) mass is 461 g/mol. The molecule has 1 saturated heterocycles. The largest absolute Gasteiger partial charge is 0.450 e. The van der Waals surface area contributed by atoms with E-state index in [4.69, 9.17) is 4.74 Å². The molecule has 11 heteroatoms. The molecule has 170 valence electrons. The zero-order valence-electron chi connectivity index (χ0n) is 17.6. The van der Waals surface area contributed by atoms with Crippen molar-refractivity contribution < 1.29 is 26.4 Å². The van der Waals surface area contributed by atoms with Crippen LogP contribution in [0.1, 0.15) is 40.0 Å². The summed E-state index contributed by atoms with van der Waals surface area (Å²) in [6.45, 7) is 6.80. The third kappa shape index (κ3) is 6.66. The lowest BCUT2D eigenvalue weighted by Gasteiger charge is -2.21. The lowest BCUT2D eigenvalue weighted by atomic mass is 10.0. The van der Waals surface area contributed by atoms with Gasteiger partial charge in [-0.1, -0.05) is 13.8 Å². The number of hydrogen-bond donors (Lipinski definition) is 2. The number of amides is 1. The van der Waals surface area contributed by atoms with E-state index >= 15 is 0 Å². The molecule has 0 saturated carbocycles. The Morgan fingerprint density at radius 1 is 1.07 bits per heavy atom. The quantitative estimate of drug-likeness (QED) is 0.549. The highest BCUT2D eigenvalue weighted by Gasteiger charge is 2.27. The molecule has 1 amide bonds. The van der Waals surface area contributed by atoms with Gasteiger partial charge in [0.2, 0.25) is 20.0 Å². The van der Waals surface area contributed by atoms with Gasteiger partial charge in [0, 0.05) is 25.7 Å². The first kappa shape index (κ1) is 24.6. The summed E-state index contributed by atoms with van der Waals surface area (Å²) in [6.07, 6.45) is 1.62. The lowest BCUT2D eigenvalue weighted by molar-refractivity contribution is 0.146. The fourth-order valence-corrected chi connectivity index (χ4v) is 5.86. The molecule has 30 heavy (non-hydrogen) atoms. The predicted molar refractivity (Wildman–Crippen MR) is 113 cm³/mol. The van der Waals surface area contributed by atoms with Crippen molar-refractivity contribution >= 4 is 26.1 Å². The third-order valence-corrected chi connectivity index (χ3v) is 8.06. The number of alkyl carbamates (subject to hydrolysis) is 1. The van der Waals surface area contributed by atoms with Crippen LogP contribution in [0, 0.1) is 5.92 Å². The smallest absolute Gasteiger partial charge is 0.407 e. The van der Waals surface area contributed by atoms with Crippen molar-refractivity contribution in [2.45, 2.75) is 55.9 Å². The highest BCUT2D eigenvalue weighted by Crippen LogP contribution is 2.22. The molecule has 2 rings (SSSR count). The molecule has 0 aromatic heterocycles. The first-order chi connectivity index (χ1) is 14.1. The van der Waals surface area contributed by atoms with E-state index in [0.29, 0.717) is 19.5 Å². The molecule has 0 bridgehead atoms. The fourth-order valence-electron chi connectivity index (χ4n) is 3.26. The summed E-state index contributed by atoms with van der Waals surface area (Å²) in [7, 11) is -7.47. The van der Waals surface area contributed by atoms with Gasteiger partial charge in [-0.3, -0.25) is 0 Å². The van der Waals surface area contributed by atoms with Crippen LogP contribution in [0.4, 0.5) is 4.79 Å². The van der Waals surface area contributed by atoms with Crippen molar-refractivity contribution in [3.8, 4) is 0 Å².